The van der Waals surface area contributed by atoms with Crippen LogP contribution >= 0.6 is 11.6 Å². The van der Waals surface area contributed by atoms with Gasteiger partial charge in [-0.15, -0.1) is 0 Å². The number of carbonyl (C=O) groups excluding carboxylic acids is 1. The Hall–Kier alpha value is -3.42. The van der Waals surface area contributed by atoms with E-state index in [0.29, 0.717) is 36.3 Å². The summed E-state index contributed by atoms with van der Waals surface area (Å²) in [4.78, 5) is 26.5. The first-order valence-electron chi connectivity index (χ1n) is 11.5. The number of nitrogens with zero attached hydrogens (tertiary/aromatic N) is 5. The Morgan fingerprint density at radius 3 is 2.53 bits per heavy atom. The van der Waals surface area contributed by atoms with Crippen LogP contribution in [0.2, 0.25) is 5.02 Å². The van der Waals surface area contributed by atoms with E-state index in [2.05, 4.69) is 14.3 Å². The van der Waals surface area contributed by atoms with E-state index in [9.17, 15) is 4.79 Å². The summed E-state index contributed by atoms with van der Waals surface area (Å²) in [7, 11) is 0. The van der Waals surface area contributed by atoms with Crippen molar-refractivity contribution < 1.29 is 9.53 Å². The highest BCUT2D eigenvalue weighted by atomic mass is 35.5. The average molecular weight is 476 g/mol. The van der Waals surface area contributed by atoms with Crippen LogP contribution in [0.4, 0.5) is 0 Å². The molecule has 0 saturated carbocycles. The van der Waals surface area contributed by atoms with Gasteiger partial charge in [0.25, 0.3) is 5.91 Å². The molecule has 7 nitrogen and oxygen atoms in total. The Bertz CT molecular complexity index is 1300. The first-order chi connectivity index (χ1) is 16.6. The predicted octanol–water partition coefficient (Wildman–Crippen LogP) is 4.41. The fraction of sp³-hybridized carbons (Fsp3) is 0.269. The topological polar surface area (TPSA) is 63.0 Å². The highest BCUT2D eigenvalue weighted by Crippen LogP contribution is 2.27. The Balaban J connectivity index is 1.32. The summed E-state index contributed by atoms with van der Waals surface area (Å²) in [6.07, 6.45) is 2.05. The molecule has 4 aromatic rings. The summed E-state index contributed by atoms with van der Waals surface area (Å²) in [5.74, 6) is 0.423. The van der Waals surface area contributed by atoms with E-state index in [1.54, 1.807) is 12.1 Å². The number of pyridine rings is 2. The van der Waals surface area contributed by atoms with Crippen LogP contribution < -0.4 is 4.74 Å². The van der Waals surface area contributed by atoms with Crippen molar-refractivity contribution in [2.24, 2.45) is 0 Å². The third-order valence-corrected chi connectivity index (χ3v) is 6.27. The van der Waals surface area contributed by atoms with E-state index < -0.39 is 0 Å². The van der Waals surface area contributed by atoms with Crippen molar-refractivity contribution in [1.29, 1.82) is 0 Å². The summed E-state index contributed by atoms with van der Waals surface area (Å²) in [6, 6.07) is 19.2. The Morgan fingerprint density at radius 2 is 1.76 bits per heavy atom. The van der Waals surface area contributed by atoms with E-state index in [1.807, 2.05) is 66.6 Å². The molecule has 34 heavy (non-hydrogen) atoms. The van der Waals surface area contributed by atoms with Crippen LogP contribution in [0.15, 0.2) is 66.9 Å². The molecule has 0 aliphatic carbocycles. The number of carbonyl (C=O) groups is 1. The highest BCUT2D eigenvalue weighted by molar-refractivity contribution is 6.30. The Morgan fingerprint density at radius 1 is 0.971 bits per heavy atom. The van der Waals surface area contributed by atoms with Gasteiger partial charge in [-0.25, -0.2) is 9.97 Å². The van der Waals surface area contributed by atoms with Crippen molar-refractivity contribution in [3.8, 4) is 17.1 Å². The smallest absolute Gasteiger partial charge is 0.272 e. The third kappa shape index (κ3) is 4.62. The molecule has 0 atom stereocenters. The van der Waals surface area contributed by atoms with Crippen molar-refractivity contribution >= 4 is 23.2 Å². The van der Waals surface area contributed by atoms with Crippen LogP contribution in [-0.2, 0) is 6.54 Å². The van der Waals surface area contributed by atoms with Gasteiger partial charge in [0.05, 0.1) is 18.0 Å². The van der Waals surface area contributed by atoms with E-state index >= 15 is 0 Å². The molecule has 3 aromatic heterocycles. The second kappa shape index (κ2) is 9.83. The zero-order valence-corrected chi connectivity index (χ0v) is 19.8. The van der Waals surface area contributed by atoms with E-state index in [4.69, 9.17) is 21.3 Å². The molecule has 4 heterocycles. The Labute approximate surface area is 203 Å². The number of benzene rings is 1. The SMILES string of the molecule is CCOc1cccc(C(=O)N2CCN(Cc3c(-c4ccc(Cl)cc4)nc4ccccn34)CC2)n1. The minimum absolute atomic E-state index is 0.0575. The molecule has 174 valence electrons. The van der Waals surface area contributed by atoms with E-state index in [-0.39, 0.29) is 5.91 Å². The van der Waals surface area contributed by atoms with Crippen LogP contribution in [0.25, 0.3) is 16.9 Å². The van der Waals surface area contributed by atoms with Crippen molar-refractivity contribution in [2.75, 3.05) is 32.8 Å². The molecule has 0 bridgehead atoms. The number of halogens is 1. The van der Waals surface area contributed by atoms with Crippen molar-refractivity contribution in [1.82, 2.24) is 24.2 Å². The number of rotatable bonds is 6. The molecule has 0 spiro atoms. The molecule has 0 unspecified atom stereocenters. The minimum atomic E-state index is -0.0575. The number of fused-ring (bicyclic) bond motifs is 1. The second-order valence-corrected chi connectivity index (χ2v) is 8.64. The zero-order valence-electron chi connectivity index (χ0n) is 19.0. The van der Waals surface area contributed by atoms with Gasteiger partial charge in [0, 0.05) is 55.6 Å². The maximum Gasteiger partial charge on any atom is 0.272 e. The summed E-state index contributed by atoms with van der Waals surface area (Å²) >= 11 is 6.10. The van der Waals surface area contributed by atoms with Crippen molar-refractivity contribution in [3.63, 3.8) is 0 Å². The van der Waals surface area contributed by atoms with Gasteiger partial charge in [-0.1, -0.05) is 35.9 Å². The van der Waals surface area contributed by atoms with Crippen molar-refractivity contribution in [2.45, 2.75) is 13.5 Å². The number of hydrogen-bond acceptors (Lipinski definition) is 5. The lowest BCUT2D eigenvalue weighted by Gasteiger charge is -2.34. The molecule has 1 aromatic carbocycles. The van der Waals surface area contributed by atoms with E-state index in [1.165, 1.54) is 0 Å². The molecule has 0 radical (unpaired) electrons. The van der Waals surface area contributed by atoms with Gasteiger partial charge in [-0.05, 0) is 37.3 Å². The van der Waals surface area contributed by atoms with Gasteiger partial charge in [0.2, 0.25) is 5.88 Å². The van der Waals surface area contributed by atoms with Crippen LogP contribution in [-0.4, -0.2) is 62.9 Å². The fourth-order valence-corrected chi connectivity index (χ4v) is 4.41. The maximum absolute atomic E-state index is 13.0. The Kier molecular flexibility index (Phi) is 6.47. The molecular weight excluding hydrogens is 450 g/mol. The normalized spacial score (nSPS) is 14.5. The molecule has 8 heteroatoms. The lowest BCUT2D eigenvalue weighted by Crippen LogP contribution is -2.48. The molecule has 1 saturated heterocycles. The first kappa shape index (κ1) is 22.4. The first-order valence-corrected chi connectivity index (χ1v) is 11.8. The fourth-order valence-electron chi connectivity index (χ4n) is 4.28. The van der Waals surface area contributed by atoms with Crippen molar-refractivity contribution in [3.05, 3.63) is 83.3 Å². The lowest BCUT2D eigenvalue weighted by molar-refractivity contribution is 0.0620. The number of hydrogen-bond donors (Lipinski definition) is 0. The van der Waals surface area contributed by atoms with E-state index in [0.717, 1.165) is 42.2 Å². The van der Waals surface area contributed by atoms with Crippen LogP contribution in [0, 0.1) is 0 Å². The monoisotopic (exact) mass is 475 g/mol. The lowest BCUT2D eigenvalue weighted by atomic mass is 10.1. The van der Waals surface area contributed by atoms with Gasteiger partial charge in [-0.2, -0.15) is 0 Å². The predicted molar refractivity (Wildman–Crippen MR) is 132 cm³/mol. The molecule has 1 amide bonds. The minimum Gasteiger partial charge on any atom is -0.478 e. The molecular formula is C26H26ClN5O2. The largest absolute Gasteiger partial charge is 0.478 e. The van der Waals surface area contributed by atoms with Gasteiger partial charge in [0.15, 0.2) is 0 Å². The average Bonchev–Trinajstić information content (AvgIpc) is 3.23. The number of ether oxygens (including phenoxy) is 1. The van der Waals surface area contributed by atoms with Gasteiger partial charge < -0.3 is 14.0 Å². The highest BCUT2D eigenvalue weighted by Gasteiger charge is 2.25. The quantitative estimate of drug-likeness (QED) is 0.413. The van der Waals surface area contributed by atoms with Gasteiger partial charge >= 0.3 is 0 Å². The summed E-state index contributed by atoms with van der Waals surface area (Å²) < 4.78 is 7.59. The number of amides is 1. The van der Waals surface area contributed by atoms with Crippen LogP contribution in [0.3, 0.4) is 0 Å². The zero-order chi connectivity index (χ0) is 23.5. The number of imidazole rings is 1. The van der Waals surface area contributed by atoms with Gasteiger partial charge in [-0.3, -0.25) is 9.69 Å². The standard InChI is InChI=1S/C26H26ClN5O2/c1-2-34-24-8-5-6-21(28-24)26(33)31-16-14-30(15-17-31)18-22-25(19-9-11-20(27)12-10-19)29-23-7-3-4-13-32(22)23/h3-13H,2,14-18H2,1H3. The summed E-state index contributed by atoms with van der Waals surface area (Å²) in [6.45, 7) is 6.00. The molecule has 0 N–H and O–H groups in total. The van der Waals surface area contributed by atoms with Crippen LogP contribution in [0.1, 0.15) is 23.1 Å². The summed E-state index contributed by atoms with van der Waals surface area (Å²) in [5, 5.41) is 0.705. The maximum atomic E-state index is 13.0. The molecule has 1 fully saturated rings. The van der Waals surface area contributed by atoms with Gasteiger partial charge in [0.1, 0.15) is 11.3 Å². The molecule has 1 aliphatic heterocycles. The third-order valence-electron chi connectivity index (χ3n) is 6.01. The molecule has 1 aliphatic rings. The second-order valence-electron chi connectivity index (χ2n) is 8.21. The summed E-state index contributed by atoms with van der Waals surface area (Å²) in [5.41, 5.74) is 4.46. The van der Waals surface area contributed by atoms with Crippen LogP contribution in [0.5, 0.6) is 5.88 Å². The number of piperazine rings is 1. The number of aromatic nitrogens is 3. The molecule has 5 rings (SSSR count).